The third-order valence-electron chi connectivity index (χ3n) is 6.30. The van der Waals surface area contributed by atoms with Gasteiger partial charge in [0.2, 0.25) is 0 Å². The van der Waals surface area contributed by atoms with Crippen LogP contribution in [-0.4, -0.2) is 0 Å². The van der Waals surface area contributed by atoms with Gasteiger partial charge in [-0.25, -0.2) is 0 Å². The molecule has 0 saturated carbocycles. The first-order valence-electron chi connectivity index (χ1n) is 13.5. The van der Waals surface area contributed by atoms with Crippen molar-refractivity contribution < 1.29 is 0 Å². The predicted octanol–water partition coefficient (Wildman–Crippen LogP) is 10.8. The van der Waals surface area contributed by atoms with Gasteiger partial charge < -0.3 is 0 Å². The van der Waals surface area contributed by atoms with Crippen molar-refractivity contribution in [3.8, 4) is 0 Å². The summed E-state index contributed by atoms with van der Waals surface area (Å²) in [7, 11) is 0. The van der Waals surface area contributed by atoms with Crippen molar-refractivity contribution >= 4 is 0 Å². The van der Waals surface area contributed by atoms with E-state index in [1.165, 1.54) is 135 Å². The first kappa shape index (κ1) is 28.7. The zero-order valence-electron chi connectivity index (χ0n) is 20.4. The fraction of sp³-hybridized carbons (Fsp3) is 0.862. The molecule has 0 rings (SSSR count). The van der Waals surface area contributed by atoms with E-state index in [1.54, 1.807) is 0 Å². The quantitative estimate of drug-likeness (QED) is 0.111. The number of rotatable bonds is 24. The minimum Gasteiger partial charge on any atom is -0.0885 e. The minimum atomic E-state index is 0.924. The second-order valence-corrected chi connectivity index (χ2v) is 9.45. The molecule has 0 heteroatoms. The summed E-state index contributed by atoms with van der Waals surface area (Å²) in [5.74, 6) is 0.924. The van der Waals surface area contributed by atoms with Crippen LogP contribution >= 0.6 is 0 Å². The van der Waals surface area contributed by atoms with E-state index < -0.39 is 0 Å². The van der Waals surface area contributed by atoms with Crippen LogP contribution in [0.1, 0.15) is 155 Å². The Morgan fingerprint density at radius 3 is 1.28 bits per heavy atom. The van der Waals surface area contributed by atoms with E-state index in [-0.39, 0.29) is 0 Å². The fourth-order valence-corrected chi connectivity index (χ4v) is 4.19. The zero-order chi connectivity index (χ0) is 21.3. The van der Waals surface area contributed by atoms with Crippen LogP contribution < -0.4 is 0 Å². The van der Waals surface area contributed by atoms with Crippen LogP contribution in [0, 0.1) is 19.8 Å². The normalized spacial score (nSPS) is 12.8. The van der Waals surface area contributed by atoms with Gasteiger partial charge in [0.05, 0.1) is 0 Å². The lowest BCUT2D eigenvalue weighted by Gasteiger charge is -2.10. The molecule has 0 aromatic heterocycles. The molecule has 2 radical (unpaired) electrons. The zero-order valence-corrected chi connectivity index (χ0v) is 20.4. The Labute approximate surface area is 186 Å². The molecule has 0 aromatic rings. The first-order chi connectivity index (χ1) is 14.3. The average Bonchev–Trinajstić information content (AvgIpc) is 2.72. The SMILES string of the molecule is [CH2]CCCCC=CCCCC(C)CCCCCCCCCCCCCCCC[CH2]. The fourth-order valence-electron chi connectivity index (χ4n) is 4.19. The van der Waals surface area contributed by atoms with E-state index in [0.717, 1.165) is 18.8 Å². The Kier molecular flexibility index (Phi) is 25.5. The highest BCUT2D eigenvalue weighted by Crippen LogP contribution is 2.18. The molecule has 0 aliphatic rings. The Balaban J connectivity index is 3.16. The standard InChI is InChI=1S/C29H56/c1-4-6-8-10-12-14-15-16-17-18-19-20-22-24-26-28-29(3)27-25-23-21-13-11-9-7-5-2/h13,21,29H,1-2,4-12,14-20,22-28H2,3H3. The minimum absolute atomic E-state index is 0.924. The molecule has 1 unspecified atom stereocenters. The van der Waals surface area contributed by atoms with Crippen LogP contribution in [-0.2, 0) is 0 Å². The number of hydrogen-bond acceptors (Lipinski definition) is 0. The molecule has 0 aliphatic carbocycles. The van der Waals surface area contributed by atoms with Crippen molar-refractivity contribution in [1.82, 2.24) is 0 Å². The summed E-state index contributed by atoms with van der Waals surface area (Å²) in [6.07, 6.45) is 36.6. The number of allylic oxidation sites excluding steroid dienone is 2. The van der Waals surface area contributed by atoms with E-state index in [4.69, 9.17) is 0 Å². The Bertz CT molecular complexity index is 303. The lowest BCUT2D eigenvalue weighted by atomic mass is 9.96. The van der Waals surface area contributed by atoms with Gasteiger partial charge in [0, 0.05) is 0 Å². The molecule has 172 valence electrons. The van der Waals surface area contributed by atoms with Gasteiger partial charge >= 0.3 is 0 Å². The van der Waals surface area contributed by atoms with E-state index in [2.05, 4.69) is 32.9 Å². The maximum absolute atomic E-state index is 3.91. The van der Waals surface area contributed by atoms with Crippen molar-refractivity contribution in [2.75, 3.05) is 0 Å². The Morgan fingerprint density at radius 1 is 0.448 bits per heavy atom. The van der Waals surface area contributed by atoms with Crippen LogP contribution in [0.4, 0.5) is 0 Å². The van der Waals surface area contributed by atoms with Crippen molar-refractivity contribution in [3.05, 3.63) is 26.0 Å². The molecule has 29 heavy (non-hydrogen) atoms. The maximum Gasteiger partial charge on any atom is -0.0351 e. The summed E-state index contributed by atoms with van der Waals surface area (Å²) in [6, 6.07) is 0. The summed E-state index contributed by atoms with van der Waals surface area (Å²) in [6.45, 7) is 10.3. The molecule has 0 aromatic carbocycles. The van der Waals surface area contributed by atoms with Gasteiger partial charge in [-0.05, 0) is 31.6 Å². The third-order valence-corrected chi connectivity index (χ3v) is 6.30. The van der Waals surface area contributed by atoms with Gasteiger partial charge in [-0.1, -0.05) is 155 Å². The molecule has 0 heterocycles. The molecule has 0 saturated heterocycles. The van der Waals surface area contributed by atoms with Crippen molar-refractivity contribution in [2.24, 2.45) is 5.92 Å². The molecule has 0 nitrogen and oxygen atoms in total. The van der Waals surface area contributed by atoms with Crippen LogP contribution in [0.3, 0.4) is 0 Å². The molecule has 0 amide bonds. The van der Waals surface area contributed by atoms with Gasteiger partial charge in [0.25, 0.3) is 0 Å². The topological polar surface area (TPSA) is 0 Å². The van der Waals surface area contributed by atoms with E-state index >= 15 is 0 Å². The second kappa shape index (κ2) is 25.8. The van der Waals surface area contributed by atoms with Crippen molar-refractivity contribution in [2.45, 2.75) is 155 Å². The average molecular weight is 405 g/mol. The van der Waals surface area contributed by atoms with Gasteiger partial charge in [-0.3, -0.25) is 0 Å². The van der Waals surface area contributed by atoms with Crippen LogP contribution in [0.5, 0.6) is 0 Å². The first-order valence-corrected chi connectivity index (χ1v) is 13.5. The van der Waals surface area contributed by atoms with Crippen LogP contribution in [0.25, 0.3) is 0 Å². The highest BCUT2D eigenvalue weighted by atomic mass is 14.1. The molecule has 0 fully saturated rings. The maximum atomic E-state index is 3.91. The summed E-state index contributed by atoms with van der Waals surface area (Å²) in [4.78, 5) is 0. The molecule has 0 spiro atoms. The molecular weight excluding hydrogens is 348 g/mol. The third kappa shape index (κ3) is 25.7. The molecule has 0 N–H and O–H groups in total. The summed E-state index contributed by atoms with van der Waals surface area (Å²) < 4.78 is 0. The highest BCUT2D eigenvalue weighted by molar-refractivity contribution is 4.81. The number of hydrogen-bond donors (Lipinski definition) is 0. The van der Waals surface area contributed by atoms with Gasteiger partial charge in [-0.15, -0.1) is 0 Å². The molecule has 0 aliphatic heterocycles. The van der Waals surface area contributed by atoms with Crippen molar-refractivity contribution in [1.29, 1.82) is 0 Å². The highest BCUT2D eigenvalue weighted by Gasteiger charge is 2.01. The second-order valence-electron chi connectivity index (χ2n) is 9.45. The lowest BCUT2D eigenvalue weighted by molar-refractivity contribution is 0.444. The summed E-state index contributed by atoms with van der Waals surface area (Å²) in [5.41, 5.74) is 0. The van der Waals surface area contributed by atoms with Gasteiger partial charge in [0.15, 0.2) is 0 Å². The molecular formula is C29H56. The van der Waals surface area contributed by atoms with Crippen molar-refractivity contribution in [3.63, 3.8) is 0 Å². The summed E-state index contributed by atoms with van der Waals surface area (Å²) in [5, 5.41) is 0. The lowest BCUT2D eigenvalue weighted by Crippen LogP contribution is -1.94. The monoisotopic (exact) mass is 404 g/mol. The number of unbranched alkanes of at least 4 members (excludes halogenated alkanes) is 18. The Morgan fingerprint density at radius 2 is 0.793 bits per heavy atom. The predicted molar refractivity (Wildman–Crippen MR) is 135 cm³/mol. The molecule has 1 atom stereocenters. The molecule has 0 bridgehead atoms. The van der Waals surface area contributed by atoms with E-state index in [9.17, 15) is 0 Å². The summed E-state index contributed by atoms with van der Waals surface area (Å²) >= 11 is 0. The van der Waals surface area contributed by atoms with Crippen LogP contribution in [0.15, 0.2) is 12.2 Å². The smallest absolute Gasteiger partial charge is 0.0351 e. The van der Waals surface area contributed by atoms with Gasteiger partial charge in [-0.2, -0.15) is 0 Å². The van der Waals surface area contributed by atoms with E-state index in [0.29, 0.717) is 0 Å². The Hall–Kier alpha value is -0.260. The van der Waals surface area contributed by atoms with Gasteiger partial charge in [0.1, 0.15) is 0 Å². The van der Waals surface area contributed by atoms with Crippen LogP contribution in [0.2, 0.25) is 0 Å². The largest absolute Gasteiger partial charge is 0.0885 e. The van der Waals surface area contributed by atoms with E-state index in [1.807, 2.05) is 0 Å².